The average molecular weight is 488 g/mol. The van der Waals surface area contributed by atoms with Crippen molar-refractivity contribution >= 4 is 24.0 Å². The van der Waals surface area contributed by atoms with Crippen molar-refractivity contribution in [3.63, 3.8) is 0 Å². The number of amides is 3. The molecule has 0 spiro atoms. The first-order valence-corrected chi connectivity index (χ1v) is 11.9. The molecule has 190 valence electrons. The van der Waals surface area contributed by atoms with E-state index in [1.54, 1.807) is 23.1 Å². The number of piperidine rings is 1. The molecule has 5 atom stereocenters. The first-order chi connectivity index (χ1) is 16.7. The Balaban J connectivity index is 1.41. The van der Waals surface area contributed by atoms with Crippen molar-refractivity contribution in [3.8, 4) is 17.2 Å². The number of benzene rings is 1. The lowest BCUT2D eigenvalue weighted by atomic mass is 9.97. The molecule has 3 aliphatic rings. The highest BCUT2D eigenvalue weighted by molar-refractivity contribution is 5.91. The van der Waals surface area contributed by atoms with Crippen molar-refractivity contribution in [1.82, 2.24) is 15.5 Å². The Kier molecular flexibility index (Phi) is 6.91. The molecule has 0 aromatic heterocycles. The van der Waals surface area contributed by atoms with E-state index in [-0.39, 0.29) is 53.9 Å². The van der Waals surface area contributed by atoms with Gasteiger partial charge in [0.1, 0.15) is 18.1 Å². The summed E-state index contributed by atoms with van der Waals surface area (Å²) in [6.07, 6.45) is 1.56. The number of nitrogens with one attached hydrogen (secondary N) is 2. The van der Waals surface area contributed by atoms with E-state index < -0.39 is 12.1 Å². The van der Waals surface area contributed by atoms with Crippen molar-refractivity contribution in [2.24, 2.45) is 23.2 Å². The van der Waals surface area contributed by atoms with Crippen LogP contribution in [-0.4, -0.2) is 74.9 Å². The number of likely N-dealkylation sites (tertiary alicyclic amines) is 1. The van der Waals surface area contributed by atoms with Gasteiger partial charge in [-0.3, -0.25) is 14.4 Å². The lowest BCUT2D eigenvalue weighted by molar-refractivity contribution is -0.142. The Morgan fingerprint density at radius 2 is 2.00 bits per heavy atom. The maximum absolute atomic E-state index is 13.3. The van der Waals surface area contributed by atoms with E-state index in [2.05, 4.69) is 24.5 Å². The fourth-order valence-electron chi connectivity index (χ4n) is 5.57. The molecule has 4 rings (SSSR count). The Bertz CT molecular complexity index is 1010. The lowest BCUT2D eigenvalue weighted by Crippen LogP contribution is -2.53. The van der Waals surface area contributed by atoms with E-state index in [1.807, 2.05) is 0 Å². The van der Waals surface area contributed by atoms with Crippen molar-refractivity contribution in [3.05, 3.63) is 18.2 Å². The zero-order valence-corrected chi connectivity index (χ0v) is 20.5. The van der Waals surface area contributed by atoms with Gasteiger partial charge in [0.15, 0.2) is 18.1 Å². The highest BCUT2D eigenvalue weighted by atomic mass is 16.5. The summed E-state index contributed by atoms with van der Waals surface area (Å²) in [5.74, 6) is 0.620. The number of methoxy groups -OCH3 is 2. The third kappa shape index (κ3) is 4.78. The van der Waals surface area contributed by atoms with Crippen molar-refractivity contribution in [2.75, 3.05) is 33.9 Å². The molecule has 2 aliphatic heterocycles. The second-order valence-corrected chi connectivity index (χ2v) is 10.0. The van der Waals surface area contributed by atoms with Gasteiger partial charge >= 0.3 is 0 Å². The van der Waals surface area contributed by atoms with Gasteiger partial charge in [-0.05, 0) is 42.2 Å². The fraction of sp³-hybridized carbons (Fsp3) is 0.600. The summed E-state index contributed by atoms with van der Waals surface area (Å²) in [5, 5.41) is 5.53. The summed E-state index contributed by atoms with van der Waals surface area (Å²) in [6, 6.07) is 3.53. The number of fused-ring (bicyclic) bond motifs is 1. The molecular formula is C25H33N3O7. The van der Waals surface area contributed by atoms with Crippen LogP contribution in [-0.2, 0) is 19.2 Å². The van der Waals surface area contributed by atoms with Gasteiger partial charge in [-0.25, -0.2) is 0 Å². The van der Waals surface area contributed by atoms with Gasteiger partial charge < -0.3 is 34.5 Å². The normalized spacial score (nSPS) is 26.9. The Hall–Kier alpha value is -3.30. The minimum atomic E-state index is -0.780. The molecule has 2 N–H and O–H groups in total. The van der Waals surface area contributed by atoms with Gasteiger partial charge in [0.05, 0.1) is 20.3 Å². The zero-order valence-electron chi connectivity index (χ0n) is 20.5. The van der Waals surface area contributed by atoms with Gasteiger partial charge in [0.2, 0.25) is 11.8 Å². The smallest absolute Gasteiger partial charge is 0.261 e. The molecule has 0 unspecified atom stereocenters. The van der Waals surface area contributed by atoms with E-state index in [0.717, 1.165) is 0 Å². The maximum Gasteiger partial charge on any atom is 0.261 e. The van der Waals surface area contributed by atoms with Crippen molar-refractivity contribution in [2.45, 2.75) is 38.8 Å². The fourth-order valence-corrected chi connectivity index (χ4v) is 5.57. The van der Waals surface area contributed by atoms with Crippen LogP contribution in [0.25, 0.3) is 0 Å². The van der Waals surface area contributed by atoms with Gasteiger partial charge in [-0.1, -0.05) is 13.8 Å². The molecule has 10 nitrogen and oxygen atoms in total. The molecular weight excluding hydrogens is 454 g/mol. The summed E-state index contributed by atoms with van der Waals surface area (Å²) in [5.41, 5.74) is -0.0645. The number of carbonyl (C=O) groups excluding carboxylic acids is 4. The molecule has 1 aromatic rings. The largest absolute Gasteiger partial charge is 0.493 e. The number of nitrogens with zero attached hydrogens (tertiary/aromatic N) is 1. The number of rotatable bonds is 10. The van der Waals surface area contributed by atoms with Crippen LogP contribution < -0.4 is 24.8 Å². The Morgan fingerprint density at radius 3 is 2.63 bits per heavy atom. The third-order valence-corrected chi connectivity index (χ3v) is 7.71. The summed E-state index contributed by atoms with van der Waals surface area (Å²) < 4.78 is 16.2. The van der Waals surface area contributed by atoms with Crippen LogP contribution in [0.1, 0.15) is 26.7 Å². The Morgan fingerprint density at radius 1 is 1.26 bits per heavy atom. The molecule has 2 heterocycles. The van der Waals surface area contributed by atoms with Crippen molar-refractivity contribution < 1.29 is 33.4 Å². The highest BCUT2D eigenvalue weighted by Crippen LogP contribution is 2.64. The van der Waals surface area contributed by atoms with Crippen molar-refractivity contribution in [1.29, 1.82) is 0 Å². The molecule has 1 aromatic carbocycles. The lowest BCUT2D eigenvalue weighted by Gasteiger charge is -2.31. The average Bonchev–Trinajstić information content (AvgIpc) is 3.21. The number of carbonyl (C=O) groups is 4. The minimum Gasteiger partial charge on any atom is -0.493 e. The van der Waals surface area contributed by atoms with E-state index in [1.165, 1.54) is 14.2 Å². The molecule has 0 radical (unpaired) electrons. The molecule has 3 fully saturated rings. The second-order valence-electron chi connectivity index (χ2n) is 10.0. The highest BCUT2D eigenvalue weighted by Gasteiger charge is 2.69. The molecule has 2 saturated heterocycles. The van der Waals surface area contributed by atoms with Crippen LogP contribution in [0.3, 0.4) is 0 Å². The minimum absolute atomic E-state index is 0.00890. The van der Waals surface area contributed by atoms with Crippen LogP contribution in [0, 0.1) is 23.2 Å². The SMILES string of the molecule is COc1ccc(OCC(=O)N2C[C@H]3[C@@H]([C@H]2C(=O)N[C@H](C=O)C[C@@H]2CCNC2=O)C3(C)C)cc1OC. The van der Waals surface area contributed by atoms with Gasteiger partial charge in [-0.15, -0.1) is 0 Å². The standard InChI is InChI=1S/C25H33N3O7/c1-25(2)17-11-28(20(30)13-35-16-5-6-18(33-3)19(10-16)34-4)22(21(17)25)24(32)27-15(12-29)9-14-7-8-26-23(14)31/h5-6,10,12,14-15,17,21-22H,7-9,11,13H2,1-4H3,(H,26,31)(H,27,32)/t14-,15-,17-,21-,22-/m0/s1. The number of ether oxygens (including phenoxy) is 3. The third-order valence-electron chi connectivity index (χ3n) is 7.71. The maximum atomic E-state index is 13.3. The predicted octanol–water partition coefficient (Wildman–Crippen LogP) is 0.776. The summed E-state index contributed by atoms with van der Waals surface area (Å²) in [7, 11) is 3.05. The Labute approximate surface area is 204 Å². The van der Waals surface area contributed by atoms with Crippen LogP contribution in [0.2, 0.25) is 0 Å². The molecule has 3 amide bonds. The number of hydrogen-bond donors (Lipinski definition) is 2. The van der Waals surface area contributed by atoms with Gasteiger partial charge in [0.25, 0.3) is 5.91 Å². The first-order valence-electron chi connectivity index (χ1n) is 11.9. The molecule has 10 heteroatoms. The van der Waals surface area contributed by atoms with Crippen LogP contribution in [0.4, 0.5) is 0 Å². The molecule has 1 saturated carbocycles. The van der Waals surface area contributed by atoms with Gasteiger partial charge in [-0.2, -0.15) is 0 Å². The van der Waals surface area contributed by atoms with E-state index in [0.29, 0.717) is 43.0 Å². The van der Waals surface area contributed by atoms with Crippen LogP contribution >= 0.6 is 0 Å². The van der Waals surface area contributed by atoms with Crippen LogP contribution in [0.15, 0.2) is 18.2 Å². The molecule has 1 aliphatic carbocycles. The zero-order chi connectivity index (χ0) is 25.3. The predicted molar refractivity (Wildman–Crippen MR) is 125 cm³/mol. The molecule has 0 bridgehead atoms. The number of hydrogen-bond acceptors (Lipinski definition) is 7. The van der Waals surface area contributed by atoms with E-state index >= 15 is 0 Å². The van der Waals surface area contributed by atoms with Gasteiger partial charge in [0, 0.05) is 25.1 Å². The monoisotopic (exact) mass is 487 g/mol. The summed E-state index contributed by atoms with van der Waals surface area (Å²) in [4.78, 5) is 51.5. The second kappa shape index (κ2) is 9.75. The topological polar surface area (TPSA) is 123 Å². The summed E-state index contributed by atoms with van der Waals surface area (Å²) >= 11 is 0. The first kappa shape index (κ1) is 24.8. The van der Waals surface area contributed by atoms with E-state index in [4.69, 9.17) is 14.2 Å². The number of aldehydes is 1. The summed E-state index contributed by atoms with van der Waals surface area (Å²) in [6.45, 7) is 4.97. The van der Waals surface area contributed by atoms with Crippen LogP contribution in [0.5, 0.6) is 17.2 Å². The molecule has 35 heavy (non-hydrogen) atoms. The quantitative estimate of drug-likeness (QED) is 0.468. The van der Waals surface area contributed by atoms with E-state index in [9.17, 15) is 19.2 Å².